The molecule has 0 bridgehead atoms. The molecule has 2 N–H and O–H groups in total. The van der Waals surface area contributed by atoms with E-state index in [2.05, 4.69) is 20.6 Å². The van der Waals surface area contributed by atoms with E-state index in [1.807, 2.05) is 6.92 Å². The molecule has 6 heteroatoms. The summed E-state index contributed by atoms with van der Waals surface area (Å²) < 4.78 is 13.8. The van der Waals surface area contributed by atoms with Crippen LogP contribution in [-0.4, -0.2) is 28.5 Å². The van der Waals surface area contributed by atoms with Gasteiger partial charge in [0.1, 0.15) is 12.4 Å². The largest absolute Gasteiger partial charge is 0.356 e. The zero-order chi connectivity index (χ0) is 12.3. The zero-order valence-electron chi connectivity index (χ0n) is 9.66. The Hall–Kier alpha value is -1.72. The second-order valence-corrected chi connectivity index (χ2v) is 3.97. The molecule has 0 saturated carbocycles. The molecular weight excluding hydrogens is 223 g/mol. The number of hydrogen-bond acceptors (Lipinski definition) is 4. The Morgan fingerprint density at radius 3 is 3.12 bits per heavy atom. The van der Waals surface area contributed by atoms with Crippen molar-refractivity contribution < 1.29 is 9.18 Å². The lowest BCUT2D eigenvalue weighted by Crippen LogP contribution is -2.44. The van der Waals surface area contributed by atoms with Gasteiger partial charge in [0.25, 0.3) is 0 Å². The summed E-state index contributed by atoms with van der Waals surface area (Å²) in [6.45, 7) is 2.51. The lowest BCUT2D eigenvalue weighted by molar-refractivity contribution is -0.123. The Labute approximate surface area is 98.8 Å². The van der Waals surface area contributed by atoms with E-state index < -0.39 is 11.9 Å². The van der Waals surface area contributed by atoms with E-state index in [0.717, 1.165) is 6.42 Å². The number of halogens is 1. The molecule has 0 spiro atoms. The van der Waals surface area contributed by atoms with Crippen molar-refractivity contribution in [2.45, 2.75) is 32.2 Å². The number of nitrogens with zero attached hydrogens (tertiary/aromatic N) is 2. The standard InChI is InChI=1S/C11H15FN4O/c1-2-7-9(12)10(15-6-14-7)16-8-4-3-5-13-11(8)17/h6,8H,2-5H2,1H3,(H,13,17)(H,14,15,16). The minimum atomic E-state index is -0.464. The maximum absolute atomic E-state index is 13.8. The van der Waals surface area contributed by atoms with Crippen molar-refractivity contribution >= 4 is 11.7 Å². The zero-order valence-corrected chi connectivity index (χ0v) is 9.66. The Morgan fingerprint density at radius 1 is 1.59 bits per heavy atom. The number of hydrogen-bond donors (Lipinski definition) is 2. The van der Waals surface area contributed by atoms with Crippen molar-refractivity contribution in [1.82, 2.24) is 15.3 Å². The molecule has 0 aliphatic carbocycles. The van der Waals surface area contributed by atoms with Gasteiger partial charge >= 0.3 is 0 Å². The number of anilines is 1. The van der Waals surface area contributed by atoms with Crippen LogP contribution in [0, 0.1) is 5.82 Å². The monoisotopic (exact) mass is 238 g/mol. The minimum Gasteiger partial charge on any atom is -0.356 e. The highest BCUT2D eigenvalue weighted by Crippen LogP contribution is 2.16. The highest BCUT2D eigenvalue weighted by Gasteiger charge is 2.23. The van der Waals surface area contributed by atoms with E-state index in [1.165, 1.54) is 6.33 Å². The van der Waals surface area contributed by atoms with Crippen molar-refractivity contribution in [3.8, 4) is 0 Å². The van der Waals surface area contributed by atoms with Gasteiger partial charge in [-0.1, -0.05) is 6.92 Å². The highest BCUT2D eigenvalue weighted by atomic mass is 19.1. The fourth-order valence-corrected chi connectivity index (χ4v) is 1.83. The average Bonchev–Trinajstić information content (AvgIpc) is 2.34. The topological polar surface area (TPSA) is 66.9 Å². The Kier molecular flexibility index (Phi) is 3.51. The smallest absolute Gasteiger partial charge is 0.242 e. The molecule has 1 aliphatic rings. The molecule has 0 radical (unpaired) electrons. The number of amides is 1. The van der Waals surface area contributed by atoms with Crippen molar-refractivity contribution in [3.63, 3.8) is 0 Å². The van der Waals surface area contributed by atoms with E-state index in [-0.39, 0.29) is 11.7 Å². The molecule has 1 fully saturated rings. The molecule has 1 unspecified atom stereocenters. The quantitative estimate of drug-likeness (QED) is 0.820. The normalized spacial score (nSPS) is 19.9. The number of nitrogens with one attached hydrogen (secondary N) is 2. The third-order valence-electron chi connectivity index (χ3n) is 2.79. The van der Waals surface area contributed by atoms with Crippen LogP contribution < -0.4 is 10.6 Å². The first kappa shape index (κ1) is 11.8. The van der Waals surface area contributed by atoms with E-state index >= 15 is 0 Å². The van der Waals surface area contributed by atoms with Crippen LogP contribution in [0.3, 0.4) is 0 Å². The van der Waals surface area contributed by atoms with Crippen molar-refractivity contribution in [1.29, 1.82) is 0 Å². The molecular formula is C11H15FN4O. The van der Waals surface area contributed by atoms with Gasteiger partial charge in [-0.25, -0.2) is 14.4 Å². The molecule has 1 aromatic heterocycles. The van der Waals surface area contributed by atoms with Crippen LogP contribution >= 0.6 is 0 Å². The van der Waals surface area contributed by atoms with Gasteiger partial charge in [-0.15, -0.1) is 0 Å². The lowest BCUT2D eigenvalue weighted by Gasteiger charge is -2.23. The maximum atomic E-state index is 13.8. The van der Waals surface area contributed by atoms with Crippen LogP contribution in [0.25, 0.3) is 0 Å². The van der Waals surface area contributed by atoms with Gasteiger partial charge in [0.05, 0.1) is 5.69 Å². The van der Waals surface area contributed by atoms with Gasteiger partial charge < -0.3 is 10.6 Å². The third-order valence-corrected chi connectivity index (χ3v) is 2.79. The summed E-state index contributed by atoms with van der Waals surface area (Å²) in [5.41, 5.74) is 0.360. The summed E-state index contributed by atoms with van der Waals surface area (Å²) in [5.74, 6) is -0.459. The van der Waals surface area contributed by atoms with Crippen molar-refractivity contribution in [2.75, 3.05) is 11.9 Å². The molecule has 92 valence electrons. The van der Waals surface area contributed by atoms with Gasteiger partial charge in [-0.2, -0.15) is 0 Å². The molecule has 0 aromatic carbocycles. The van der Waals surface area contributed by atoms with Gasteiger partial charge in [-0.3, -0.25) is 4.79 Å². The van der Waals surface area contributed by atoms with Gasteiger partial charge in [0.2, 0.25) is 5.91 Å². The molecule has 1 saturated heterocycles. The van der Waals surface area contributed by atoms with E-state index in [1.54, 1.807) is 0 Å². The first-order chi connectivity index (χ1) is 8.22. The van der Waals surface area contributed by atoms with Crippen molar-refractivity contribution in [3.05, 3.63) is 17.8 Å². The van der Waals surface area contributed by atoms with Crippen LogP contribution in [0.15, 0.2) is 6.33 Å². The van der Waals surface area contributed by atoms with E-state index in [9.17, 15) is 9.18 Å². The fraction of sp³-hybridized carbons (Fsp3) is 0.545. The summed E-state index contributed by atoms with van der Waals surface area (Å²) in [6, 6.07) is -0.405. The molecule has 1 amide bonds. The van der Waals surface area contributed by atoms with Crippen LogP contribution in [0.1, 0.15) is 25.5 Å². The van der Waals surface area contributed by atoms with Crippen LogP contribution in [-0.2, 0) is 11.2 Å². The molecule has 17 heavy (non-hydrogen) atoms. The van der Waals surface area contributed by atoms with Gasteiger partial charge in [0.15, 0.2) is 11.6 Å². The number of aryl methyl sites for hydroxylation is 1. The summed E-state index contributed by atoms with van der Waals surface area (Å²) in [7, 11) is 0. The Balaban J connectivity index is 2.15. The summed E-state index contributed by atoms with van der Waals surface area (Å²) in [5, 5.41) is 5.57. The first-order valence-corrected chi connectivity index (χ1v) is 5.76. The summed E-state index contributed by atoms with van der Waals surface area (Å²) in [6.07, 6.45) is 3.39. The van der Waals surface area contributed by atoms with E-state index in [0.29, 0.717) is 25.1 Å². The number of rotatable bonds is 3. The van der Waals surface area contributed by atoms with E-state index in [4.69, 9.17) is 0 Å². The Bertz CT molecular complexity index is 424. The molecule has 1 aliphatic heterocycles. The number of aromatic nitrogens is 2. The SMILES string of the molecule is CCc1ncnc(NC2CCCNC2=O)c1F. The number of carbonyl (C=O) groups is 1. The van der Waals surface area contributed by atoms with Crippen LogP contribution in [0.5, 0.6) is 0 Å². The predicted molar refractivity (Wildman–Crippen MR) is 61.0 cm³/mol. The average molecular weight is 238 g/mol. The van der Waals surface area contributed by atoms with Gasteiger partial charge in [-0.05, 0) is 19.3 Å². The molecule has 2 heterocycles. The summed E-state index contributed by atoms with van der Waals surface area (Å²) in [4.78, 5) is 19.2. The fourth-order valence-electron chi connectivity index (χ4n) is 1.83. The second kappa shape index (κ2) is 5.07. The first-order valence-electron chi connectivity index (χ1n) is 5.76. The second-order valence-electron chi connectivity index (χ2n) is 3.97. The van der Waals surface area contributed by atoms with Crippen LogP contribution in [0.4, 0.5) is 10.2 Å². The number of carbonyl (C=O) groups excluding carboxylic acids is 1. The van der Waals surface area contributed by atoms with Gasteiger partial charge in [0, 0.05) is 6.54 Å². The highest BCUT2D eigenvalue weighted by molar-refractivity contribution is 5.84. The molecule has 5 nitrogen and oxygen atoms in total. The number of piperidine rings is 1. The molecule has 2 rings (SSSR count). The molecule has 1 atom stereocenters. The summed E-state index contributed by atoms with van der Waals surface area (Å²) >= 11 is 0. The van der Waals surface area contributed by atoms with Crippen LogP contribution in [0.2, 0.25) is 0 Å². The lowest BCUT2D eigenvalue weighted by atomic mass is 10.1. The molecule has 1 aromatic rings. The third kappa shape index (κ3) is 2.51. The minimum absolute atomic E-state index is 0.104. The maximum Gasteiger partial charge on any atom is 0.242 e. The van der Waals surface area contributed by atoms with Crippen molar-refractivity contribution in [2.24, 2.45) is 0 Å². The Morgan fingerprint density at radius 2 is 2.41 bits per heavy atom. The predicted octanol–water partition coefficient (Wildman–Crippen LogP) is 0.869.